The third kappa shape index (κ3) is 3.72. The smallest absolute Gasteiger partial charge is 0.311 e. The minimum absolute atomic E-state index is 0.0208. The quantitative estimate of drug-likeness (QED) is 0.614. The van der Waals surface area contributed by atoms with E-state index in [9.17, 15) is 15.2 Å². The number of halogens is 2. The zero-order valence-corrected chi connectivity index (χ0v) is 13.3. The molecule has 1 unspecified atom stereocenters. The Labute approximate surface area is 134 Å². The molecule has 1 atom stereocenters. The fraction of sp³-hybridized carbons (Fsp3) is 0.143. The number of hydrogen-bond donors (Lipinski definition) is 1. The van der Waals surface area contributed by atoms with E-state index in [1.54, 1.807) is 25.1 Å². The maximum Gasteiger partial charge on any atom is 0.311 e. The van der Waals surface area contributed by atoms with Crippen molar-refractivity contribution in [2.45, 2.75) is 13.0 Å². The molecule has 0 aliphatic rings. The van der Waals surface area contributed by atoms with Gasteiger partial charge in [0.2, 0.25) is 5.75 Å². The number of nitrogens with zero attached hydrogens (tertiary/aromatic N) is 1. The summed E-state index contributed by atoms with van der Waals surface area (Å²) < 4.78 is 6.34. The van der Waals surface area contributed by atoms with E-state index in [1.807, 2.05) is 0 Å². The third-order valence-corrected chi connectivity index (χ3v) is 3.49. The van der Waals surface area contributed by atoms with Crippen molar-refractivity contribution < 1.29 is 14.8 Å². The van der Waals surface area contributed by atoms with Gasteiger partial charge in [0.15, 0.2) is 0 Å². The van der Waals surface area contributed by atoms with Gasteiger partial charge in [0, 0.05) is 27.2 Å². The average molecular weight is 373 g/mol. The van der Waals surface area contributed by atoms with Crippen LogP contribution in [0.1, 0.15) is 18.6 Å². The number of nitro benzene ring substituents is 1. The van der Waals surface area contributed by atoms with Crippen LogP contribution in [-0.2, 0) is 0 Å². The van der Waals surface area contributed by atoms with Crippen LogP contribution in [0.4, 0.5) is 5.69 Å². The molecule has 0 aromatic heterocycles. The van der Waals surface area contributed by atoms with Gasteiger partial charge in [-0.3, -0.25) is 10.1 Å². The molecule has 110 valence electrons. The highest BCUT2D eigenvalue weighted by atomic mass is 79.9. The highest BCUT2D eigenvalue weighted by Gasteiger charge is 2.18. The standard InChI is InChI=1S/C14H11BrClNO4/c1-8(18)11-4-2-9(15)6-13(11)21-14-7-10(16)3-5-12(14)17(19)20/h2-8,18H,1H3. The summed E-state index contributed by atoms with van der Waals surface area (Å²) in [5, 5.41) is 21.1. The number of nitro groups is 1. The van der Waals surface area contributed by atoms with E-state index >= 15 is 0 Å². The molecule has 7 heteroatoms. The van der Waals surface area contributed by atoms with Gasteiger partial charge >= 0.3 is 5.69 Å². The molecule has 5 nitrogen and oxygen atoms in total. The Morgan fingerprint density at radius 3 is 2.62 bits per heavy atom. The van der Waals surface area contributed by atoms with E-state index in [4.69, 9.17) is 16.3 Å². The lowest BCUT2D eigenvalue weighted by atomic mass is 10.1. The Morgan fingerprint density at radius 1 is 1.29 bits per heavy atom. The number of rotatable bonds is 4. The first-order valence-corrected chi connectivity index (χ1v) is 7.15. The number of hydrogen-bond acceptors (Lipinski definition) is 4. The molecule has 0 bridgehead atoms. The molecule has 0 saturated heterocycles. The van der Waals surface area contributed by atoms with Gasteiger partial charge in [-0.15, -0.1) is 0 Å². The fourth-order valence-electron chi connectivity index (χ4n) is 1.78. The molecule has 0 aliphatic heterocycles. The van der Waals surface area contributed by atoms with Crippen molar-refractivity contribution in [2.24, 2.45) is 0 Å². The second-order valence-corrected chi connectivity index (χ2v) is 5.68. The lowest BCUT2D eigenvalue weighted by Crippen LogP contribution is -1.98. The Morgan fingerprint density at radius 2 is 2.00 bits per heavy atom. The second kappa shape index (κ2) is 6.43. The third-order valence-electron chi connectivity index (χ3n) is 2.76. The predicted molar refractivity (Wildman–Crippen MR) is 83.0 cm³/mol. The normalized spacial score (nSPS) is 12.0. The monoisotopic (exact) mass is 371 g/mol. The first-order valence-electron chi connectivity index (χ1n) is 5.98. The maximum absolute atomic E-state index is 11.0. The minimum Gasteiger partial charge on any atom is -0.450 e. The van der Waals surface area contributed by atoms with Crippen molar-refractivity contribution in [1.82, 2.24) is 0 Å². The van der Waals surface area contributed by atoms with Gasteiger partial charge in [0.1, 0.15) is 5.75 Å². The maximum atomic E-state index is 11.0. The van der Waals surface area contributed by atoms with Crippen molar-refractivity contribution in [3.8, 4) is 11.5 Å². The molecule has 21 heavy (non-hydrogen) atoms. The molecule has 0 saturated carbocycles. The summed E-state index contributed by atoms with van der Waals surface area (Å²) in [6.45, 7) is 1.59. The predicted octanol–water partition coefficient (Wildman–Crippen LogP) is 4.86. The summed E-state index contributed by atoms with van der Waals surface area (Å²) in [5.74, 6) is 0.345. The summed E-state index contributed by atoms with van der Waals surface area (Å²) >= 11 is 9.16. The van der Waals surface area contributed by atoms with Gasteiger partial charge in [0.25, 0.3) is 0 Å². The number of ether oxygens (including phenoxy) is 1. The van der Waals surface area contributed by atoms with Crippen molar-refractivity contribution >= 4 is 33.2 Å². The van der Waals surface area contributed by atoms with Gasteiger partial charge < -0.3 is 9.84 Å². The van der Waals surface area contributed by atoms with Crippen LogP contribution < -0.4 is 4.74 Å². The van der Waals surface area contributed by atoms with Gasteiger partial charge in [-0.05, 0) is 25.1 Å². The van der Waals surface area contributed by atoms with Crippen LogP contribution in [0.2, 0.25) is 5.02 Å². The van der Waals surface area contributed by atoms with Crippen LogP contribution in [0.15, 0.2) is 40.9 Å². The van der Waals surface area contributed by atoms with Crippen molar-refractivity contribution in [3.63, 3.8) is 0 Å². The minimum atomic E-state index is -0.772. The Kier molecular flexibility index (Phi) is 4.82. The van der Waals surface area contributed by atoms with E-state index in [2.05, 4.69) is 15.9 Å². The van der Waals surface area contributed by atoms with Crippen LogP contribution in [0.3, 0.4) is 0 Å². The summed E-state index contributed by atoms with van der Waals surface area (Å²) in [7, 11) is 0. The lowest BCUT2D eigenvalue weighted by Gasteiger charge is -2.13. The first-order chi connectivity index (χ1) is 9.88. The van der Waals surface area contributed by atoms with Gasteiger partial charge in [-0.1, -0.05) is 33.6 Å². The molecule has 2 aromatic rings. The molecule has 0 fully saturated rings. The van der Waals surface area contributed by atoms with Gasteiger partial charge in [0.05, 0.1) is 11.0 Å². The zero-order valence-electron chi connectivity index (χ0n) is 10.9. The fourth-order valence-corrected chi connectivity index (χ4v) is 2.28. The van der Waals surface area contributed by atoms with E-state index < -0.39 is 11.0 Å². The number of aliphatic hydroxyl groups excluding tert-OH is 1. The van der Waals surface area contributed by atoms with Crippen molar-refractivity contribution in [3.05, 3.63) is 61.6 Å². The molecule has 0 radical (unpaired) electrons. The molecule has 0 aliphatic carbocycles. The van der Waals surface area contributed by atoms with Gasteiger partial charge in [-0.2, -0.15) is 0 Å². The summed E-state index contributed by atoms with van der Waals surface area (Å²) in [5.41, 5.74) is 0.323. The van der Waals surface area contributed by atoms with E-state index in [1.165, 1.54) is 18.2 Å². The highest BCUT2D eigenvalue weighted by Crippen LogP contribution is 2.37. The SMILES string of the molecule is CC(O)c1ccc(Br)cc1Oc1cc(Cl)ccc1[N+](=O)[O-]. The number of aliphatic hydroxyl groups is 1. The molecular formula is C14H11BrClNO4. The first kappa shape index (κ1) is 15.8. The lowest BCUT2D eigenvalue weighted by molar-refractivity contribution is -0.385. The van der Waals surface area contributed by atoms with Crippen LogP contribution in [-0.4, -0.2) is 10.0 Å². The molecule has 2 aromatic carbocycles. The Hall–Kier alpha value is -1.63. The number of benzene rings is 2. The summed E-state index contributed by atoms with van der Waals surface area (Å²) in [4.78, 5) is 10.5. The van der Waals surface area contributed by atoms with Crippen molar-refractivity contribution in [1.29, 1.82) is 0 Å². The van der Waals surface area contributed by atoms with Crippen LogP contribution in [0.25, 0.3) is 0 Å². The van der Waals surface area contributed by atoms with E-state index in [0.717, 1.165) is 4.47 Å². The van der Waals surface area contributed by atoms with Crippen LogP contribution in [0.5, 0.6) is 11.5 Å². The average Bonchev–Trinajstić information content (AvgIpc) is 2.38. The molecule has 0 spiro atoms. The summed E-state index contributed by atoms with van der Waals surface area (Å²) in [6.07, 6.45) is -0.772. The second-order valence-electron chi connectivity index (χ2n) is 4.33. The molecule has 2 rings (SSSR count). The van der Waals surface area contributed by atoms with E-state index in [0.29, 0.717) is 16.3 Å². The van der Waals surface area contributed by atoms with Gasteiger partial charge in [-0.25, -0.2) is 0 Å². The molecule has 0 amide bonds. The summed E-state index contributed by atoms with van der Waals surface area (Å²) in [6, 6.07) is 9.13. The van der Waals surface area contributed by atoms with Crippen LogP contribution >= 0.6 is 27.5 Å². The highest BCUT2D eigenvalue weighted by molar-refractivity contribution is 9.10. The topological polar surface area (TPSA) is 72.6 Å². The van der Waals surface area contributed by atoms with Crippen LogP contribution in [0, 0.1) is 10.1 Å². The van der Waals surface area contributed by atoms with E-state index in [-0.39, 0.29) is 11.4 Å². The molecule has 1 N–H and O–H groups in total. The van der Waals surface area contributed by atoms with Crippen molar-refractivity contribution in [2.75, 3.05) is 0 Å². The molecular weight excluding hydrogens is 362 g/mol. The largest absolute Gasteiger partial charge is 0.450 e. The molecule has 0 heterocycles. The Bertz CT molecular complexity index is 691. The zero-order chi connectivity index (χ0) is 15.6. The Balaban J connectivity index is 2.49.